The summed E-state index contributed by atoms with van der Waals surface area (Å²) in [6.07, 6.45) is 0.854. The molecule has 1 atom stereocenters. The molecule has 2 aromatic carbocycles. The molecule has 3 nitrogen and oxygen atoms in total. The zero-order valence-corrected chi connectivity index (χ0v) is 12.7. The molecule has 1 N–H and O–H groups in total. The summed E-state index contributed by atoms with van der Waals surface area (Å²) < 4.78 is 18.7. The Kier molecular flexibility index (Phi) is 5.15. The largest absolute Gasteiger partial charge is 0.496 e. The third-order valence-corrected chi connectivity index (χ3v) is 3.53. The Balaban J connectivity index is 2.18. The molecular formula is C18H19FO3. The molecular weight excluding hydrogens is 283 g/mol. The average molecular weight is 302 g/mol. The summed E-state index contributed by atoms with van der Waals surface area (Å²) in [5, 5.41) is 8.79. The highest BCUT2D eigenvalue weighted by molar-refractivity contribution is 5.70. The Morgan fingerprint density at radius 1 is 1.23 bits per heavy atom. The molecule has 0 amide bonds. The van der Waals surface area contributed by atoms with Gasteiger partial charge in [0.2, 0.25) is 0 Å². The summed E-state index contributed by atoms with van der Waals surface area (Å²) in [5.74, 6) is -0.399. The van der Waals surface area contributed by atoms with Crippen molar-refractivity contribution in [1.29, 1.82) is 0 Å². The first kappa shape index (κ1) is 16.0. The highest BCUT2D eigenvalue weighted by Gasteiger charge is 2.10. The number of carbonyl (C=O) groups is 1. The number of ether oxygens (including phenoxy) is 1. The van der Waals surface area contributed by atoms with Crippen molar-refractivity contribution in [2.45, 2.75) is 19.8 Å². The first-order chi connectivity index (χ1) is 10.5. The fourth-order valence-corrected chi connectivity index (χ4v) is 2.50. The molecule has 0 saturated heterocycles. The van der Waals surface area contributed by atoms with Gasteiger partial charge in [-0.15, -0.1) is 0 Å². The SMILES string of the molecule is COc1ccc(F)cc1-c1ccc(CC(C)CC(=O)O)cc1. The molecule has 4 heteroatoms. The van der Waals surface area contributed by atoms with Crippen molar-refractivity contribution in [1.82, 2.24) is 0 Å². The second-order valence-corrected chi connectivity index (χ2v) is 5.45. The fourth-order valence-electron chi connectivity index (χ4n) is 2.50. The van der Waals surface area contributed by atoms with Crippen molar-refractivity contribution in [3.05, 3.63) is 53.8 Å². The molecule has 0 aliphatic rings. The van der Waals surface area contributed by atoms with Crippen molar-refractivity contribution in [3.8, 4) is 16.9 Å². The van der Waals surface area contributed by atoms with Crippen LogP contribution in [-0.4, -0.2) is 18.2 Å². The van der Waals surface area contributed by atoms with E-state index in [2.05, 4.69) is 0 Å². The second-order valence-electron chi connectivity index (χ2n) is 5.45. The molecule has 0 spiro atoms. The first-order valence-electron chi connectivity index (χ1n) is 7.14. The molecule has 0 aliphatic carbocycles. The van der Waals surface area contributed by atoms with Crippen molar-refractivity contribution >= 4 is 5.97 Å². The molecule has 0 aliphatic heterocycles. The Labute approximate surface area is 129 Å². The number of carboxylic acids is 1. The van der Waals surface area contributed by atoms with Gasteiger partial charge >= 0.3 is 5.97 Å². The van der Waals surface area contributed by atoms with Crippen LogP contribution >= 0.6 is 0 Å². The summed E-state index contributed by atoms with van der Waals surface area (Å²) >= 11 is 0. The van der Waals surface area contributed by atoms with Gasteiger partial charge in [-0.05, 0) is 41.7 Å². The van der Waals surface area contributed by atoms with Crippen LogP contribution in [0, 0.1) is 11.7 Å². The summed E-state index contributed by atoms with van der Waals surface area (Å²) in [6, 6.07) is 12.1. The first-order valence-corrected chi connectivity index (χ1v) is 7.14. The summed E-state index contributed by atoms with van der Waals surface area (Å²) in [4.78, 5) is 10.7. The number of methoxy groups -OCH3 is 1. The van der Waals surface area contributed by atoms with E-state index in [-0.39, 0.29) is 18.2 Å². The number of rotatable bonds is 6. The standard InChI is InChI=1S/C18H19FO3/c1-12(10-18(20)21)9-13-3-5-14(6-4-13)16-11-15(19)7-8-17(16)22-2/h3-8,11-12H,9-10H2,1-2H3,(H,20,21). The van der Waals surface area contributed by atoms with Crippen LogP contribution in [-0.2, 0) is 11.2 Å². The van der Waals surface area contributed by atoms with Crippen molar-refractivity contribution in [2.24, 2.45) is 5.92 Å². The minimum atomic E-state index is -0.784. The maximum atomic E-state index is 13.4. The quantitative estimate of drug-likeness (QED) is 0.871. The van der Waals surface area contributed by atoms with Crippen molar-refractivity contribution in [2.75, 3.05) is 7.11 Å². The van der Waals surface area contributed by atoms with E-state index in [0.29, 0.717) is 17.7 Å². The van der Waals surface area contributed by atoms with Gasteiger partial charge in [-0.3, -0.25) is 4.79 Å². The van der Waals surface area contributed by atoms with E-state index in [0.717, 1.165) is 11.1 Å². The summed E-state index contributed by atoms with van der Waals surface area (Å²) in [7, 11) is 1.55. The molecule has 0 radical (unpaired) electrons. The molecule has 116 valence electrons. The van der Waals surface area contributed by atoms with Gasteiger partial charge in [0, 0.05) is 12.0 Å². The topological polar surface area (TPSA) is 46.5 Å². The molecule has 0 aromatic heterocycles. The van der Waals surface area contributed by atoms with E-state index in [1.807, 2.05) is 31.2 Å². The predicted octanol–water partition coefficient (Wildman–Crippen LogP) is 4.15. The molecule has 0 saturated carbocycles. The van der Waals surface area contributed by atoms with Crippen LogP contribution < -0.4 is 4.74 Å². The van der Waals surface area contributed by atoms with Gasteiger partial charge in [-0.2, -0.15) is 0 Å². The number of aliphatic carboxylic acids is 1. The van der Waals surface area contributed by atoms with Crippen LogP contribution in [0.1, 0.15) is 18.9 Å². The van der Waals surface area contributed by atoms with Gasteiger partial charge in [-0.1, -0.05) is 31.2 Å². The Bertz CT molecular complexity index is 650. The molecule has 0 heterocycles. The predicted molar refractivity (Wildman–Crippen MR) is 83.5 cm³/mol. The monoisotopic (exact) mass is 302 g/mol. The van der Waals surface area contributed by atoms with E-state index in [1.54, 1.807) is 13.2 Å². The zero-order valence-electron chi connectivity index (χ0n) is 12.7. The molecule has 22 heavy (non-hydrogen) atoms. The van der Waals surface area contributed by atoms with Crippen LogP contribution in [0.15, 0.2) is 42.5 Å². The van der Waals surface area contributed by atoms with Crippen molar-refractivity contribution < 1.29 is 19.0 Å². The van der Waals surface area contributed by atoms with E-state index < -0.39 is 5.97 Å². The Morgan fingerprint density at radius 3 is 2.50 bits per heavy atom. The van der Waals surface area contributed by atoms with E-state index in [1.165, 1.54) is 12.1 Å². The van der Waals surface area contributed by atoms with Gasteiger partial charge < -0.3 is 9.84 Å². The van der Waals surface area contributed by atoms with E-state index in [9.17, 15) is 9.18 Å². The highest BCUT2D eigenvalue weighted by Crippen LogP contribution is 2.31. The lowest BCUT2D eigenvalue weighted by molar-refractivity contribution is -0.137. The lowest BCUT2D eigenvalue weighted by Crippen LogP contribution is -2.06. The lowest BCUT2D eigenvalue weighted by atomic mass is 9.96. The third kappa shape index (κ3) is 4.07. The number of benzene rings is 2. The van der Waals surface area contributed by atoms with E-state index >= 15 is 0 Å². The van der Waals surface area contributed by atoms with Crippen LogP contribution in [0.5, 0.6) is 5.75 Å². The lowest BCUT2D eigenvalue weighted by Gasteiger charge is -2.11. The number of hydrogen-bond acceptors (Lipinski definition) is 2. The molecule has 1 unspecified atom stereocenters. The van der Waals surface area contributed by atoms with Gasteiger partial charge in [0.05, 0.1) is 7.11 Å². The van der Waals surface area contributed by atoms with Gasteiger partial charge in [0.25, 0.3) is 0 Å². The normalized spacial score (nSPS) is 12.0. The molecule has 2 aromatic rings. The van der Waals surface area contributed by atoms with Gasteiger partial charge in [-0.25, -0.2) is 4.39 Å². The average Bonchev–Trinajstić information content (AvgIpc) is 2.47. The minimum Gasteiger partial charge on any atom is -0.496 e. The van der Waals surface area contributed by atoms with E-state index in [4.69, 9.17) is 9.84 Å². The Hall–Kier alpha value is -2.36. The summed E-state index contributed by atoms with van der Waals surface area (Å²) in [5.41, 5.74) is 2.63. The number of hydrogen-bond donors (Lipinski definition) is 1. The smallest absolute Gasteiger partial charge is 0.303 e. The van der Waals surface area contributed by atoms with Crippen LogP contribution in [0.2, 0.25) is 0 Å². The van der Waals surface area contributed by atoms with Crippen LogP contribution in [0.25, 0.3) is 11.1 Å². The fraction of sp³-hybridized carbons (Fsp3) is 0.278. The minimum absolute atomic E-state index is 0.0760. The highest BCUT2D eigenvalue weighted by atomic mass is 19.1. The maximum absolute atomic E-state index is 13.4. The molecule has 2 rings (SSSR count). The van der Waals surface area contributed by atoms with Crippen molar-refractivity contribution in [3.63, 3.8) is 0 Å². The summed E-state index contributed by atoms with van der Waals surface area (Å²) in [6.45, 7) is 1.91. The molecule has 0 bridgehead atoms. The van der Waals surface area contributed by atoms with Crippen LogP contribution in [0.4, 0.5) is 4.39 Å². The number of halogens is 1. The third-order valence-electron chi connectivity index (χ3n) is 3.53. The van der Waals surface area contributed by atoms with Crippen LogP contribution in [0.3, 0.4) is 0 Å². The van der Waals surface area contributed by atoms with Gasteiger partial charge in [0.15, 0.2) is 0 Å². The number of carboxylic acid groups (broad SMARTS) is 1. The molecule has 0 fully saturated rings. The maximum Gasteiger partial charge on any atom is 0.303 e. The Morgan fingerprint density at radius 2 is 1.91 bits per heavy atom. The zero-order chi connectivity index (χ0) is 16.1. The second kappa shape index (κ2) is 7.07. The van der Waals surface area contributed by atoms with Gasteiger partial charge in [0.1, 0.15) is 11.6 Å².